The molecule has 0 aliphatic rings. The number of aromatic nitrogens is 2. The summed E-state index contributed by atoms with van der Waals surface area (Å²) in [5, 5.41) is 1.46. The van der Waals surface area contributed by atoms with Crippen LogP contribution in [0.2, 0.25) is 15.2 Å². The number of hydrogen-bond acceptors (Lipinski definition) is 2. The van der Waals surface area contributed by atoms with Crippen LogP contribution in [0.25, 0.3) is 22.3 Å². The second-order valence-corrected chi connectivity index (χ2v) is 5.78. The van der Waals surface area contributed by atoms with Gasteiger partial charge in [-0.2, -0.15) is 0 Å². The minimum atomic E-state index is -0.538. The normalized spacial score (nSPS) is 11.1. The Kier molecular flexibility index (Phi) is 3.74. The molecule has 3 rings (SSSR count). The average molecular weight is 342 g/mol. The highest BCUT2D eigenvalue weighted by Gasteiger charge is 2.12. The molecule has 0 aliphatic heterocycles. The van der Waals surface area contributed by atoms with Gasteiger partial charge in [-0.15, -0.1) is 0 Å². The Morgan fingerprint density at radius 1 is 0.952 bits per heavy atom. The maximum atomic E-state index is 13.6. The van der Waals surface area contributed by atoms with E-state index in [1.807, 2.05) is 13.0 Å². The van der Waals surface area contributed by atoms with Gasteiger partial charge in [-0.05, 0) is 42.8 Å². The quantitative estimate of drug-likeness (QED) is 0.530. The van der Waals surface area contributed by atoms with Crippen molar-refractivity contribution in [1.82, 2.24) is 9.97 Å². The van der Waals surface area contributed by atoms with Crippen LogP contribution < -0.4 is 0 Å². The molecule has 0 N–H and O–H groups in total. The molecule has 106 valence electrons. The molecule has 1 aromatic heterocycles. The Morgan fingerprint density at radius 2 is 1.71 bits per heavy atom. The van der Waals surface area contributed by atoms with Gasteiger partial charge in [0.1, 0.15) is 11.0 Å². The predicted molar refractivity (Wildman–Crippen MR) is 84.7 cm³/mol. The van der Waals surface area contributed by atoms with Crippen molar-refractivity contribution in [2.24, 2.45) is 0 Å². The molecule has 0 saturated carbocycles. The molecule has 6 heteroatoms. The molecule has 0 unspecified atom stereocenters. The van der Waals surface area contributed by atoms with Crippen molar-refractivity contribution in [2.75, 3.05) is 0 Å². The average Bonchev–Trinajstić information content (AvgIpc) is 2.43. The van der Waals surface area contributed by atoms with E-state index in [0.29, 0.717) is 27.3 Å². The van der Waals surface area contributed by atoms with Crippen molar-refractivity contribution < 1.29 is 4.39 Å². The first kappa shape index (κ1) is 14.5. The highest BCUT2D eigenvalue weighted by atomic mass is 35.5. The van der Waals surface area contributed by atoms with E-state index in [-0.39, 0.29) is 10.2 Å². The Bertz CT molecular complexity index is 865. The second-order valence-electron chi connectivity index (χ2n) is 4.61. The van der Waals surface area contributed by atoms with E-state index in [4.69, 9.17) is 34.8 Å². The van der Waals surface area contributed by atoms with E-state index in [9.17, 15) is 4.39 Å². The van der Waals surface area contributed by atoms with Crippen molar-refractivity contribution in [3.05, 3.63) is 56.9 Å². The maximum Gasteiger partial charge on any atom is 0.161 e. The highest BCUT2D eigenvalue weighted by Crippen LogP contribution is 2.31. The van der Waals surface area contributed by atoms with E-state index >= 15 is 0 Å². The lowest BCUT2D eigenvalue weighted by Gasteiger charge is -2.07. The van der Waals surface area contributed by atoms with Crippen LogP contribution in [0.3, 0.4) is 0 Å². The molecule has 0 aliphatic carbocycles. The molecule has 2 nitrogen and oxygen atoms in total. The molecule has 0 saturated heterocycles. The topological polar surface area (TPSA) is 25.8 Å². The molecule has 0 fully saturated rings. The van der Waals surface area contributed by atoms with Gasteiger partial charge >= 0.3 is 0 Å². The van der Waals surface area contributed by atoms with E-state index in [1.54, 1.807) is 12.1 Å². The van der Waals surface area contributed by atoms with Crippen LogP contribution in [0.1, 0.15) is 5.56 Å². The zero-order valence-electron chi connectivity index (χ0n) is 10.8. The third kappa shape index (κ3) is 2.69. The zero-order valence-corrected chi connectivity index (χ0v) is 13.1. The van der Waals surface area contributed by atoms with Crippen molar-refractivity contribution in [3.8, 4) is 11.4 Å². The van der Waals surface area contributed by atoms with Crippen LogP contribution >= 0.6 is 34.8 Å². The van der Waals surface area contributed by atoms with E-state index in [2.05, 4.69) is 9.97 Å². The van der Waals surface area contributed by atoms with E-state index in [1.165, 1.54) is 12.1 Å². The Balaban J connectivity index is 2.27. The SMILES string of the molecule is Cc1cc(Cl)c2nc(-c3ccc(Cl)c(F)c3)nc(Cl)c2c1. The summed E-state index contributed by atoms with van der Waals surface area (Å²) in [7, 11) is 0. The van der Waals surface area contributed by atoms with Gasteiger partial charge < -0.3 is 0 Å². The molecule has 21 heavy (non-hydrogen) atoms. The Labute approximate surface area is 135 Å². The van der Waals surface area contributed by atoms with Gasteiger partial charge in [0.05, 0.1) is 15.6 Å². The number of nitrogens with zero attached hydrogens (tertiary/aromatic N) is 2. The number of hydrogen-bond donors (Lipinski definition) is 0. The Morgan fingerprint density at radius 3 is 2.43 bits per heavy atom. The molecule has 0 atom stereocenters. The van der Waals surface area contributed by atoms with Gasteiger partial charge in [0.2, 0.25) is 0 Å². The van der Waals surface area contributed by atoms with Crippen LogP contribution in [0.15, 0.2) is 30.3 Å². The summed E-state index contributed by atoms with van der Waals surface area (Å²) in [6.45, 7) is 1.91. The van der Waals surface area contributed by atoms with Gasteiger partial charge in [-0.25, -0.2) is 14.4 Å². The third-order valence-corrected chi connectivity index (χ3v) is 3.91. The fraction of sp³-hybridized carbons (Fsp3) is 0.0667. The van der Waals surface area contributed by atoms with Gasteiger partial charge in [0.15, 0.2) is 5.82 Å². The van der Waals surface area contributed by atoms with Gasteiger partial charge in [-0.3, -0.25) is 0 Å². The first-order valence-corrected chi connectivity index (χ1v) is 7.18. The lowest BCUT2D eigenvalue weighted by Crippen LogP contribution is -1.94. The summed E-state index contributed by atoms with van der Waals surface area (Å²) in [6, 6.07) is 7.99. The monoisotopic (exact) mass is 340 g/mol. The van der Waals surface area contributed by atoms with Crippen molar-refractivity contribution in [2.45, 2.75) is 6.92 Å². The van der Waals surface area contributed by atoms with Crippen molar-refractivity contribution in [3.63, 3.8) is 0 Å². The molecule has 0 amide bonds. The molecule has 1 heterocycles. The van der Waals surface area contributed by atoms with Gasteiger partial charge in [0, 0.05) is 10.9 Å². The van der Waals surface area contributed by atoms with Crippen molar-refractivity contribution >= 4 is 45.7 Å². The van der Waals surface area contributed by atoms with Crippen LogP contribution in [-0.4, -0.2) is 9.97 Å². The fourth-order valence-electron chi connectivity index (χ4n) is 2.05. The molecule has 0 spiro atoms. The number of rotatable bonds is 1. The van der Waals surface area contributed by atoms with Gasteiger partial charge in [0.25, 0.3) is 0 Å². The minimum Gasteiger partial charge on any atom is -0.226 e. The summed E-state index contributed by atoms with van der Waals surface area (Å²) in [6.07, 6.45) is 0. The van der Waals surface area contributed by atoms with Crippen molar-refractivity contribution in [1.29, 1.82) is 0 Å². The lowest BCUT2D eigenvalue weighted by atomic mass is 10.1. The second kappa shape index (κ2) is 5.41. The predicted octanol–water partition coefficient (Wildman–Crippen LogP) is 5.70. The standard InChI is InChI=1S/C15H8Cl3FN2/c1-7-4-9-13(11(17)5-7)20-15(21-14(9)18)8-2-3-10(16)12(19)6-8/h2-6H,1H3. The van der Waals surface area contributed by atoms with Crippen LogP contribution in [0.4, 0.5) is 4.39 Å². The summed E-state index contributed by atoms with van der Waals surface area (Å²) in [4.78, 5) is 8.59. The molecule has 3 aromatic rings. The summed E-state index contributed by atoms with van der Waals surface area (Å²) in [5.74, 6) is -0.238. The van der Waals surface area contributed by atoms with E-state index < -0.39 is 5.82 Å². The Hall–Kier alpha value is -1.42. The summed E-state index contributed by atoms with van der Waals surface area (Å²) in [5.41, 5.74) is 1.98. The molecular weight excluding hydrogens is 334 g/mol. The first-order valence-electron chi connectivity index (χ1n) is 6.04. The van der Waals surface area contributed by atoms with Crippen LogP contribution in [-0.2, 0) is 0 Å². The highest BCUT2D eigenvalue weighted by molar-refractivity contribution is 6.38. The first-order chi connectivity index (χ1) is 9.95. The smallest absolute Gasteiger partial charge is 0.161 e. The fourth-order valence-corrected chi connectivity index (χ4v) is 2.71. The molecule has 0 radical (unpaired) electrons. The zero-order chi connectivity index (χ0) is 15.1. The van der Waals surface area contributed by atoms with Crippen LogP contribution in [0, 0.1) is 12.7 Å². The number of fused-ring (bicyclic) bond motifs is 1. The number of aryl methyl sites for hydroxylation is 1. The lowest BCUT2D eigenvalue weighted by molar-refractivity contribution is 0.628. The minimum absolute atomic E-state index is 0.0410. The molecular formula is C15H8Cl3FN2. The number of benzene rings is 2. The summed E-state index contributed by atoms with van der Waals surface area (Å²) >= 11 is 18.1. The molecule has 2 aromatic carbocycles. The maximum absolute atomic E-state index is 13.6. The van der Waals surface area contributed by atoms with E-state index in [0.717, 1.165) is 5.56 Å². The summed E-state index contributed by atoms with van der Waals surface area (Å²) < 4.78 is 13.6. The van der Waals surface area contributed by atoms with Gasteiger partial charge in [-0.1, -0.05) is 34.8 Å². The number of halogens is 4. The largest absolute Gasteiger partial charge is 0.226 e. The van der Waals surface area contributed by atoms with Crippen LogP contribution in [0.5, 0.6) is 0 Å². The molecule has 0 bridgehead atoms. The third-order valence-electron chi connectivity index (χ3n) is 3.03.